The maximum Gasteiger partial charge on any atom is 0.330 e. The molecule has 3 nitrogen and oxygen atoms in total. The van der Waals surface area contributed by atoms with Gasteiger partial charge in [0.1, 0.15) is 0 Å². The van der Waals surface area contributed by atoms with Crippen molar-refractivity contribution in [3.8, 4) is 0 Å². The molecule has 0 saturated carbocycles. The first-order valence-electron chi connectivity index (χ1n) is 4.44. The van der Waals surface area contributed by atoms with Gasteiger partial charge in [0.25, 0.3) is 0 Å². The van der Waals surface area contributed by atoms with E-state index < -0.39 is 5.97 Å². The molecule has 0 heterocycles. The van der Waals surface area contributed by atoms with Crippen molar-refractivity contribution in [3.63, 3.8) is 0 Å². The van der Waals surface area contributed by atoms with E-state index in [1.54, 1.807) is 13.0 Å². The molecular weight excluding hydrogens is 168 g/mol. The second kappa shape index (κ2) is 6.40. The molecule has 0 aliphatic carbocycles. The van der Waals surface area contributed by atoms with Gasteiger partial charge in [-0.25, -0.2) is 4.79 Å². The summed E-state index contributed by atoms with van der Waals surface area (Å²) in [4.78, 5) is 22.0. The minimum absolute atomic E-state index is 0.0275. The summed E-state index contributed by atoms with van der Waals surface area (Å²) in [5.74, 6) is -0.516. The normalized spacial score (nSPS) is 12.8. The first-order chi connectivity index (χ1) is 6.11. The van der Waals surface area contributed by atoms with Crippen molar-refractivity contribution in [2.45, 2.75) is 27.2 Å². The monoisotopic (exact) mass is 184 g/mol. The standard InChI is InChI=1S/C10H16O3/c1-4-6-10(12)13-7-9(11)8(3)5-2/h4,6,8H,5,7H2,1-3H3/b6-4+. The minimum atomic E-state index is -0.459. The molecule has 3 heteroatoms. The number of rotatable bonds is 5. The quantitative estimate of drug-likeness (QED) is 0.482. The summed E-state index contributed by atoms with van der Waals surface area (Å²) >= 11 is 0. The van der Waals surface area contributed by atoms with Gasteiger partial charge in [-0.1, -0.05) is 19.9 Å². The van der Waals surface area contributed by atoms with Crippen LogP contribution in [0.4, 0.5) is 0 Å². The number of hydrogen-bond acceptors (Lipinski definition) is 3. The Bertz CT molecular complexity index is 206. The van der Waals surface area contributed by atoms with E-state index >= 15 is 0 Å². The maximum absolute atomic E-state index is 11.2. The molecular formula is C10H16O3. The molecule has 0 rings (SSSR count). The Morgan fingerprint density at radius 2 is 2.08 bits per heavy atom. The van der Waals surface area contributed by atoms with E-state index in [0.29, 0.717) is 0 Å². The van der Waals surface area contributed by atoms with Crippen LogP contribution in [0.1, 0.15) is 27.2 Å². The van der Waals surface area contributed by atoms with Crippen LogP contribution in [0, 0.1) is 5.92 Å². The Morgan fingerprint density at radius 3 is 2.54 bits per heavy atom. The number of Topliss-reactive ketones (excluding diaryl/α,β-unsaturated/α-hetero) is 1. The number of hydrogen-bond donors (Lipinski definition) is 0. The molecule has 1 atom stereocenters. The summed E-state index contributed by atoms with van der Waals surface area (Å²) in [5, 5.41) is 0. The van der Waals surface area contributed by atoms with Crippen LogP contribution in [0.3, 0.4) is 0 Å². The highest BCUT2D eigenvalue weighted by Gasteiger charge is 2.11. The molecule has 1 unspecified atom stereocenters. The van der Waals surface area contributed by atoms with Crippen LogP contribution in [-0.2, 0) is 14.3 Å². The largest absolute Gasteiger partial charge is 0.455 e. The summed E-state index contributed by atoms with van der Waals surface area (Å²) in [6.45, 7) is 5.36. The van der Waals surface area contributed by atoms with E-state index in [0.717, 1.165) is 6.42 Å². The lowest BCUT2D eigenvalue weighted by Crippen LogP contribution is -2.18. The minimum Gasteiger partial charge on any atom is -0.455 e. The lowest BCUT2D eigenvalue weighted by Gasteiger charge is -2.06. The molecule has 0 aromatic carbocycles. The number of ketones is 1. The van der Waals surface area contributed by atoms with Crippen LogP contribution in [0.2, 0.25) is 0 Å². The van der Waals surface area contributed by atoms with Gasteiger partial charge in [0, 0.05) is 12.0 Å². The summed E-state index contributed by atoms with van der Waals surface area (Å²) in [6, 6.07) is 0. The molecule has 0 spiro atoms. The fourth-order valence-electron chi connectivity index (χ4n) is 0.696. The van der Waals surface area contributed by atoms with Crippen molar-refractivity contribution in [2.24, 2.45) is 5.92 Å². The zero-order chi connectivity index (χ0) is 10.3. The van der Waals surface area contributed by atoms with E-state index in [2.05, 4.69) is 0 Å². The summed E-state index contributed by atoms with van der Waals surface area (Å²) in [6.07, 6.45) is 3.65. The second-order valence-electron chi connectivity index (χ2n) is 2.88. The Hall–Kier alpha value is -1.12. The zero-order valence-electron chi connectivity index (χ0n) is 8.37. The third kappa shape index (κ3) is 5.17. The molecule has 0 aromatic rings. The maximum atomic E-state index is 11.2. The molecule has 0 N–H and O–H groups in total. The summed E-state index contributed by atoms with van der Waals surface area (Å²) in [5.41, 5.74) is 0. The Kier molecular flexibility index (Phi) is 5.85. The molecule has 0 radical (unpaired) electrons. The van der Waals surface area contributed by atoms with Crippen molar-refractivity contribution in [3.05, 3.63) is 12.2 Å². The summed E-state index contributed by atoms with van der Waals surface area (Å²) < 4.78 is 4.69. The highest BCUT2D eigenvalue weighted by atomic mass is 16.5. The van der Waals surface area contributed by atoms with E-state index in [1.165, 1.54) is 6.08 Å². The molecule has 0 fully saturated rings. The Morgan fingerprint density at radius 1 is 1.46 bits per heavy atom. The van der Waals surface area contributed by atoms with E-state index in [4.69, 9.17) is 4.74 Å². The SMILES string of the molecule is C/C=C/C(=O)OCC(=O)C(C)CC. The number of esters is 1. The van der Waals surface area contributed by atoms with Crippen LogP contribution in [0.15, 0.2) is 12.2 Å². The van der Waals surface area contributed by atoms with Gasteiger partial charge in [0.05, 0.1) is 0 Å². The molecule has 0 aliphatic rings. The van der Waals surface area contributed by atoms with Gasteiger partial charge in [0.2, 0.25) is 0 Å². The number of ether oxygens (including phenoxy) is 1. The van der Waals surface area contributed by atoms with Crippen LogP contribution in [0.25, 0.3) is 0 Å². The Balaban J connectivity index is 3.76. The van der Waals surface area contributed by atoms with Crippen LogP contribution < -0.4 is 0 Å². The zero-order valence-corrected chi connectivity index (χ0v) is 8.37. The predicted molar refractivity (Wildman–Crippen MR) is 50.2 cm³/mol. The fourth-order valence-corrected chi connectivity index (χ4v) is 0.696. The van der Waals surface area contributed by atoms with Gasteiger partial charge in [-0.3, -0.25) is 4.79 Å². The average molecular weight is 184 g/mol. The van der Waals surface area contributed by atoms with Crippen molar-refractivity contribution >= 4 is 11.8 Å². The molecule has 74 valence electrons. The van der Waals surface area contributed by atoms with Crippen LogP contribution in [-0.4, -0.2) is 18.4 Å². The van der Waals surface area contributed by atoms with Gasteiger partial charge in [0.15, 0.2) is 12.4 Å². The van der Waals surface area contributed by atoms with E-state index in [9.17, 15) is 9.59 Å². The number of carbonyl (C=O) groups is 2. The molecule has 0 saturated heterocycles. The Labute approximate surface area is 78.8 Å². The van der Waals surface area contributed by atoms with E-state index in [-0.39, 0.29) is 18.3 Å². The molecule has 0 aromatic heterocycles. The van der Waals surface area contributed by atoms with Crippen molar-refractivity contribution in [1.82, 2.24) is 0 Å². The predicted octanol–water partition coefficient (Wildman–Crippen LogP) is 1.72. The van der Waals surface area contributed by atoms with Crippen molar-refractivity contribution in [1.29, 1.82) is 0 Å². The third-order valence-electron chi connectivity index (χ3n) is 1.82. The lowest BCUT2D eigenvalue weighted by molar-refractivity contribution is -0.144. The number of allylic oxidation sites excluding steroid dienone is 1. The lowest BCUT2D eigenvalue weighted by atomic mass is 10.1. The molecule has 0 aliphatic heterocycles. The van der Waals surface area contributed by atoms with Crippen LogP contribution >= 0.6 is 0 Å². The average Bonchev–Trinajstić information content (AvgIpc) is 2.13. The smallest absolute Gasteiger partial charge is 0.330 e. The van der Waals surface area contributed by atoms with E-state index in [1.807, 2.05) is 13.8 Å². The van der Waals surface area contributed by atoms with Gasteiger partial charge in [-0.2, -0.15) is 0 Å². The van der Waals surface area contributed by atoms with Gasteiger partial charge < -0.3 is 4.74 Å². The molecule has 0 bridgehead atoms. The van der Waals surface area contributed by atoms with Gasteiger partial charge >= 0.3 is 5.97 Å². The van der Waals surface area contributed by atoms with Gasteiger partial charge in [-0.15, -0.1) is 0 Å². The first-order valence-corrected chi connectivity index (χ1v) is 4.44. The first kappa shape index (κ1) is 11.9. The highest BCUT2D eigenvalue weighted by Crippen LogP contribution is 2.02. The molecule has 0 amide bonds. The third-order valence-corrected chi connectivity index (χ3v) is 1.82. The topological polar surface area (TPSA) is 43.4 Å². The van der Waals surface area contributed by atoms with Gasteiger partial charge in [-0.05, 0) is 13.3 Å². The molecule has 13 heavy (non-hydrogen) atoms. The fraction of sp³-hybridized carbons (Fsp3) is 0.600. The van der Waals surface area contributed by atoms with Crippen molar-refractivity contribution < 1.29 is 14.3 Å². The van der Waals surface area contributed by atoms with Crippen molar-refractivity contribution in [2.75, 3.05) is 6.61 Å². The summed E-state index contributed by atoms with van der Waals surface area (Å²) in [7, 11) is 0. The second-order valence-corrected chi connectivity index (χ2v) is 2.88. The number of carbonyl (C=O) groups excluding carboxylic acids is 2. The van der Waals surface area contributed by atoms with Crippen LogP contribution in [0.5, 0.6) is 0 Å². The highest BCUT2D eigenvalue weighted by molar-refractivity contribution is 5.87.